The van der Waals surface area contributed by atoms with Crippen LogP contribution in [0.25, 0.3) is 16.8 Å². The lowest BCUT2D eigenvalue weighted by Crippen LogP contribution is -2.27. The molecule has 1 aliphatic heterocycles. The lowest BCUT2D eigenvalue weighted by molar-refractivity contribution is 0.378. The molecule has 0 atom stereocenters. The third kappa shape index (κ3) is 3.45. The Morgan fingerprint density at radius 1 is 1.19 bits per heavy atom. The van der Waals surface area contributed by atoms with Gasteiger partial charge in [0.25, 0.3) is 0 Å². The summed E-state index contributed by atoms with van der Waals surface area (Å²) in [7, 11) is 1.72. The maximum Gasteiger partial charge on any atom is 0.119 e. The molecule has 2 heteroatoms. The molecule has 2 nitrogen and oxygen atoms in total. The molecule has 0 aromatic heterocycles. The van der Waals surface area contributed by atoms with Crippen molar-refractivity contribution in [1.29, 1.82) is 0 Å². The highest BCUT2D eigenvalue weighted by molar-refractivity contribution is 5.91. The molecule has 0 bridgehead atoms. The van der Waals surface area contributed by atoms with Crippen LogP contribution in [0.3, 0.4) is 0 Å². The highest BCUT2D eigenvalue weighted by Gasteiger charge is 2.10. The van der Waals surface area contributed by atoms with Crippen molar-refractivity contribution in [2.45, 2.75) is 19.3 Å². The molecule has 0 amide bonds. The van der Waals surface area contributed by atoms with Gasteiger partial charge in [-0.1, -0.05) is 36.4 Å². The maximum absolute atomic E-state index is 5.35. The maximum atomic E-state index is 5.35. The predicted molar refractivity (Wildman–Crippen MR) is 89.7 cm³/mol. The fourth-order valence-electron chi connectivity index (χ4n) is 3.05. The van der Waals surface area contributed by atoms with Crippen LogP contribution in [0.15, 0.2) is 42.5 Å². The van der Waals surface area contributed by atoms with Crippen molar-refractivity contribution >= 4 is 16.8 Å². The van der Waals surface area contributed by atoms with Crippen LogP contribution in [0.5, 0.6) is 5.75 Å². The quantitative estimate of drug-likeness (QED) is 0.904. The number of allylic oxidation sites excluding steroid dienone is 1. The average molecular weight is 281 g/mol. The minimum Gasteiger partial charge on any atom is -0.497 e. The van der Waals surface area contributed by atoms with E-state index in [0.717, 1.165) is 11.7 Å². The number of nitrogens with one attached hydrogen (secondary N) is 1. The number of hydrogen-bond donors (Lipinski definition) is 1. The molecular formula is C19H23NO. The summed E-state index contributed by atoms with van der Waals surface area (Å²) in [4.78, 5) is 0. The van der Waals surface area contributed by atoms with Crippen molar-refractivity contribution in [1.82, 2.24) is 5.32 Å². The molecule has 1 fully saturated rings. The molecule has 0 aliphatic carbocycles. The number of piperidine rings is 1. The van der Waals surface area contributed by atoms with Crippen LogP contribution in [-0.4, -0.2) is 20.2 Å². The molecule has 2 aromatic carbocycles. The second-order valence-electron chi connectivity index (χ2n) is 5.77. The van der Waals surface area contributed by atoms with E-state index in [-0.39, 0.29) is 0 Å². The number of hydrogen-bond acceptors (Lipinski definition) is 2. The summed E-state index contributed by atoms with van der Waals surface area (Å²) in [5.74, 6) is 1.76. The zero-order chi connectivity index (χ0) is 14.5. The average Bonchev–Trinajstić information content (AvgIpc) is 2.55. The first-order chi connectivity index (χ1) is 10.4. The van der Waals surface area contributed by atoms with Crippen molar-refractivity contribution < 1.29 is 4.74 Å². The highest BCUT2D eigenvalue weighted by Crippen LogP contribution is 2.25. The van der Waals surface area contributed by atoms with E-state index in [1.54, 1.807) is 7.11 Å². The van der Waals surface area contributed by atoms with E-state index in [1.165, 1.54) is 48.7 Å². The molecule has 3 rings (SSSR count). The largest absolute Gasteiger partial charge is 0.497 e. The van der Waals surface area contributed by atoms with Gasteiger partial charge in [0, 0.05) is 0 Å². The zero-order valence-electron chi connectivity index (χ0n) is 12.6. The minimum absolute atomic E-state index is 0.840. The van der Waals surface area contributed by atoms with E-state index < -0.39 is 0 Å². The number of benzene rings is 2. The summed E-state index contributed by atoms with van der Waals surface area (Å²) in [5, 5.41) is 5.95. The summed E-state index contributed by atoms with van der Waals surface area (Å²) in [6.45, 7) is 2.34. The minimum atomic E-state index is 0.840. The molecule has 110 valence electrons. The Morgan fingerprint density at radius 2 is 2.05 bits per heavy atom. The van der Waals surface area contributed by atoms with Gasteiger partial charge in [-0.15, -0.1) is 0 Å². The smallest absolute Gasteiger partial charge is 0.119 e. The molecule has 21 heavy (non-hydrogen) atoms. The van der Waals surface area contributed by atoms with Gasteiger partial charge in [0.05, 0.1) is 7.11 Å². The summed E-state index contributed by atoms with van der Waals surface area (Å²) in [6.07, 6.45) is 8.39. The molecular weight excluding hydrogens is 258 g/mol. The number of rotatable bonds is 4. The van der Waals surface area contributed by atoms with E-state index in [9.17, 15) is 0 Å². The molecule has 1 N–H and O–H groups in total. The van der Waals surface area contributed by atoms with Crippen LogP contribution in [-0.2, 0) is 0 Å². The fourth-order valence-corrected chi connectivity index (χ4v) is 3.05. The molecule has 1 saturated heterocycles. The van der Waals surface area contributed by atoms with Crippen LogP contribution in [0, 0.1) is 5.92 Å². The normalized spacial score (nSPS) is 16.6. The molecule has 1 heterocycles. The third-order valence-corrected chi connectivity index (χ3v) is 4.35. The molecule has 2 aromatic rings. The third-order valence-electron chi connectivity index (χ3n) is 4.35. The lowest BCUT2D eigenvalue weighted by atomic mass is 9.94. The van der Waals surface area contributed by atoms with Crippen LogP contribution in [0.4, 0.5) is 0 Å². The van der Waals surface area contributed by atoms with E-state index in [0.29, 0.717) is 0 Å². The van der Waals surface area contributed by atoms with Crippen molar-refractivity contribution in [2.24, 2.45) is 5.92 Å². The Labute approximate surface area is 126 Å². The second kappa shape index (κ2) is 6.77. The van der Waals surface area contributed by atoms with Crippen molar-refractivity contribution in [3.63, 3.8) is 0 Å². The molecule has 0 radical (unpaired) electrons. The Kier molecular flexibility index (Phi) is 4.56. The molecule has 0 spiro atoms. The van der Waals surface area contributed by atoms with Gasteiger partial charge in [0.15, 0.2) is 0 Å². The number of methoxy groups -OCH3 is 1. The summed E-state index contributed by atoms with van der Waals surface area (Å²) >= 11 is 0. The van der Waals surface area contributed by atoms with E-state index in [1.807, 2.05) is 6.07 Å². The highest BCUT2D eigenvalue weighted by atomic mass is 16.5. The van der Waals surface area contributed by atoms with Gasteiger partial charge in [-0.25, -0.2) is 0 Å². The van der Waals surface area contributed by atoms with Crippen molar-refractivity contribution in [3.05, 3.63) is 48.0 Å². The topological polar surface area (TPSA) is 21.3 Å². The summed E-state index contributed by atoms with van der Waals surface area (Å²) in [6, 6.07) is 12.7. The number of fused-ring (bicyclic) bond motifs is 1. The monoisotopic (exact) mass is 281 g/mol. The van der Waals surface area contributed by atoms with E-state index in [4.69, 9.17) is 4.74 Å². The Balaban J connectivity index is 1.79. The van der Waals surface area contributed by atoms with Crippen LogP contribution in [0.2, 0.25) is 0 Å². The van der Waals surface area contributed by atoms with Crippen molar-refractivity contribution in [3.8, 4) is 5.75 Å². The molecule has 1 aliphatic rings. The first-order valence-corrected chi connectivity index (χ1v) is 7.81. The van der Waals surface area contributed by atoms with Crippen molar-refractivity contribution in [2.75, 3.05) is 20.2 Å². The van der Waals surface area contributed by atoms with Crippen LogP contribution in [0.1, 0.15) is 24.8 Å². The van der Waals surface area contributed by atoms with Gasteiger partial charge in [0.1, 0.15) is 5.75 Å². The van der Waals surface area contributed by atoms with Crippen LogP contribution >= 0.6 is 0 Å². The summed E-state index contributed by atoms with van der Waals surface area (Å²) in [5.41, 5.74) is 1.28. The van der Waals surface area contributed by atoms with Crippen LogP contribution < -0.4 is 10.1 Å². The zero-order valence-corrected chi connectivity index (χ0v) is 12.6. The Bertz CT molecular complexity index is 626. The van der Waals surface area contributed by atoms with E-state index >= 15 is 0 Å². The second-order valence-corrected chi connectivity index (χ2v) is 5.77. The lowest BCUT2D eigenvalue weighted by Gasteiger charge is -2.20. The molecule has 0 unspecified atom stereocenters. The van der Waals surface area contributed by atoms with Gasteiger partial charge >= 0.3 is 0 Å². The molecule has 0 saturated carbocycles. The SMILES string of the molecule is COc1ccc2cccc(/C=C/CC3CCNCC3)c2c1. The van der Waals surface area contributed by atoms with Gasteiger partial charge < -0.3 is 10.1 Å². The Morgan fingerprint density at radius 3 is 2.86 bits per heavy atom. The predicted octanol–water partition coefficient (Wildman–Crippen LogP) is 4.25. The first-order valence-electron chi connectivity index (χ1n) is 7.81. The Hall–Kier alpha value is -1.80. The van der Waals surface area contributed by atoms with Gasteiger partial charge in [-0.05, 0) is 66.7 Å². The standard InChI is InChI=1S/C19H23NO/c1-21-18-9-8-17-7-3-6-16(19(17)14-18)5-2-4-15-10-12-20-13-11-15/h2-3,5-9,14-15,20H,4,10-13H2,1H3/b5-2+. The van der Waals surface area contributed by atoms with Gasteiger partial charge in [0.2, 0.25) is 0 Å². The van der Waals surface area contributed by atoms with E-state index in [2.05, 4.69) is 47.8 Å². The number of ether oxygens (including phenoxy) is 1. The summed E-state index contributed by atoms with van der Waals surface area (Å²) < 4.78 is 5.35. The van der Waals surface area contributed by atoms with Gasteiger partial charge in [-0.3, -0.25) is 0 Å². The fraction of sp³-hybridized carbons (Fsp3) is 0.368. The van der Waals surface area contributed by atoms with Gasteiger partial charge in [-0.2, -0.15) is 0 Å². The first kappa shape index (κ1) is 14.2.